The molecule has 0 aliphatic carbocycles. The number of halogens is 1. The Bertz CT molecular complexity index is 77.0. The lowest BCUT2D eigenvalue weighted by Gasteiger charge is -2.19. The Morgan fingerprint density at radius 1 is 1.44 bits per heavy atom. The van der Waals surface area contributed by atoms with Crippen molar-refractivity contribution in [3.63, 3.8) is 0 Å². The van der Waals surface area contributed by atoms with E-state index in [1.807, 2.05) is 6.08 Å². The standard InChI is InChI=1S/C7H13N.ClH/c1-2-7-5-3-4-6-8-7;/h2,7-8H,1,3-6H2;1H/t7-;/m1./s1. The first kappa shape index (κ1) is 8.99. The maximum atomic E-state index is 3.72. The molecule has 1 aliphatic rings. The van der Waals surface area contributed by atoms with E-state index < -0.39 is 0 Å². The number of nitrogens with one attached hydrogen (secondary N) is 1. The molecule has 0 aromatic rings. The molecule has 54 valence electrons. The van der Waals surface area contributed by atoms with Crippen LogP contribution in [0.25, 0.3) is 0 Å². The summed E-state index contributed by atoms with van der Waals surface area (Å²) in [5.74, 6) is 0. The van der Waals surface area contributed by atoms with Crippen LogP contribution in [-0.2, 0) is 0 Å². The molecule has 0 spiro atoms. The van der Waals surface area contributed by atoms with Gasteiger partial charge in [0.1, 0.15) is 0 Å². The van der Waals surface area contributed by atoms with E-state index in [1.165, 1.54) is 25.8 Å². The van der Waals surface area contributed by atoms with E-state index >= 15 is 0 Å². The van der Waals surface area contributed by atoms with Gasteiger partial charge in [-0.2, -0.15) is 0 Å². The molecule has 1 N–H and O–H groups in total. The van der Waals surface area contributed by atoms with Gasteiger partial charge in [0.2, 0.25) is 0 Å². The summed E-state index contributed by atoms with van der Waals surface area (Å²) in [5, 5.41) is 3.35. The van der Waals surface area contributed by atoms with Crippen molar-refractivity contribution in [2.24, 2.45) is 0 Å². The second-order valence-electron chi connectivity index (χ2n) is 2.29. The summed E-state index contributed by atoms with van der Waals surface area (Å²) in [5.41, 5.74) is 0. The average molecular weight is 148 g/mol. The van der Waals surface area contributed by atoms with Crippen LogP contribution in [-0.4, -0.2) is 12.6 Å². The van der Waals surface area contributed by atoms with Gasteiger partial charge in [-0.05, 0) is 19.4 Å². The first-order valence-corrected chi connectivity index (χ1v) is 3.29. The van der Waals surface area contributed by atoms with Gasteiger partial charge >= 0.3 is 0 Å². The lowest BCUT2D eigenvalue weighted by atomic mass is 10.1. The molecule has 1 aliphatic heterocycles. The molecule has 0 saturated carbocycles. The SMILES string of the molecule is C=C[C@@H]1CCCCN1.Cl. The lowest BCUT2D eigenvalue weighted by molar-refractivity contribution is 0.455. The molecule has 0 amide bonds. The van der Waals surface area contributed by atoms with Gasteiger partial charge in [0.15, 0.2) is 0 Å². The zero-order valence-electron chi connectivity index (χ0n) is 5.60. The van der Waals surface area contributed by atoms with Crippen LogP contribution in [0.1, 0.15) is 19.3 Å². The number of hydrogen-bond acceptors (Lipinski definition) is 1. The van der Waals surface area contributed by atoms with Crippen molar-refractivity contribution in [3.8, 4) is 0 Å². The molecule has 0 aromatic carbocycles. The van der Waals surface area contributed by atoms with Crippen molar-refractivity contribution in [1.29, 1.82) is 0 Å². The average Bonchev–Trinajstić information content (AvgIpc) is 1.90. The molecule has 0 unspecified atom stereocenters. The summed E-state index contributed by atoms with van der Waals surface area (Å²) < 4.78 is 0. The molecule has 0 aromatic heterocycles. The lowest BCUT2D eigenvalue weighted by Crippen LogP contribution is -2.31. The maximum Gasteiger partial charge on any atom is 0.0247 e. The topological polar surface area (TPSA) is 12.0 Å². The molecule has 1 fully saturated rings. The van der Waals surface area contributed by atoms with Gasteiger partial charge in [-0.1, -0.05) is 12.5 Å². The third-order valence-corrected chi connectivity index (χ3v) is 1.63. The fraction of sp³-hybridized carbons (Fsp3) is 0.714. The minimum Gasteiger partial charge on any atom is -0.311 e. The number of rotatable bonds is 1. The first-order chi connectivity index (χ1) is 3.93. The predicted molar refractivity (Wildman–Crippen MR) is 43.1 cm³/mol. The van der Waals surface area contributed by atoms with Crippen LogP contribution in [0.4, 0.5) is 0 Å². The normalized spacial score (nSPS) is 26.4. The fourth-order valence-corrected chi connectivity index (χ4v) is 1.08. The van der Waals surface area contributed by atoms with E-state index in [4.69, 9.17) is 0 Å². The van der Waals surface area contributed by atoms with Crippen LogP contribution in [0.3, 0.4) is 0 Å². The highest BCUT2D eigenvalue weighted by Gasteiger charge is 2.06. The van der Waals surface area contributed by atoms with Gasteiger partial charge in [-0.25, -0.2) is 0 Å². The Balaban J connectivity index is 0.000000640. The molecule has 2 heteroatoms. The molecule has 1 atom stereocenters. The van der Waals surface area contributed by atoms with Crippen molar-refractivity contribution in [3.05, 3.63) is 12.7 Å². The zero-order chi connectivity index (χ0) is 5.82. The van der Waals surface area contributed by atoms with Gasteiger partial charge in [-0.15, -0.1) is 19.0 Å². The highest BCUT2D eigenvalue weighted by atomic mass is 35.5. The van der Waals surface area contributed by atoms with Crippen molar-refractivity contribution < 1.29 is 0 Å². The second kappa shape index (κ2) is 4.83. The van der Waals surface area contributed by atoms with Crippen LogP contribution < -0.4 is 5.32 Å². The third kappa shape index (κ3) is 2.87. The van der Waals surface area contributed by atoms with Crippen LogP contribution in [0.2, 0.25) is 0 Å². The Morgan fingerprint density at radius 2 is 2.22 bits per heavy atom. The summed E-state index contributed by atoms with van der Waals surface area (Å²) in [6.45, 7) is 4.90. The Hall–Kier alpha value is -0.0100. The summed E-state index contributed by atoms with van der Waals surface area (Å²) in [6, 6.07) is 0.601. The summed E-state index contributed by atoms with van der Waals surface area (Å²) in [7, 11) is 0. The van der Waals surface area contributed by atoms with Crippen LogP contribution in [0, 0.1) is 0 Å². The van der Waals surface area contributed by atoms with Crippen molar-refractivity contribution in [2.75, 3.05) is 6.54 Å². The highest BCUT2D eigenvalue weighted by Crippen LogP contribution is 2.06. The Kier molecular flexibility index (Phi) is 4.83. The summed E-state index contributed by atoms with van der Waals surface area (Å²) in [6.07, 6.45) is 5.98. The molecular weight excluding hydrogens is 134 g/mol. The van der Waals surface area contributed by atoms with Gasteiger partial charge < -0.3 is 5.32 Å². The molecule has 1 saturated heterocycles. The molecule has 0 bridgehead atoms. The number of hydrogen-bond donors (Lipinski definition) is 1. The molecule has 1 heterocycles. The molecule has 0 radical (unpaired) electrons. The van der Waals surface area contributed by atoms with E-state index in [0.717, 1.165) is 0 Å². The minimum atomic E-state index is 0. The Morgan fingerprint density at radius 3 is 2.56 bits per heavy atom. The van der Waals surface area contributed by atoms with Crippen LogP contribution in [0.5, 0.6) is 0 Å². The van der Waals surface area contributed by atoms with Gasteiger partial charge in [0.25, 0.3) is 0 Å². The van der Waals surface area contributed by atoms with E-state index in [-0.39, 0.29) is 12.4 Å². The molecular formula is C7H14ClN. The molecule has 1 rings (SSSR count). The Labute approximate surface area is 62.9 Å². The van der Waals surface area contributed by atoms with Crippen molar-refractivity contribution in [2.45, 2.75) is 25.3 Å². The minimum absolute atomic E-state index is 0. The van der Waals surface area contributed by atoms with E-state index in [9.17, 15) is 0 Å². The van der Waals surface area contributed by atoms with Crippen molar-refractivity contribution in [1.82, 2.24) is 5.32 Å². The van der Waals surface area contributed by atoms with E-state index in [0.29, 0.717) is 6.04 Å². The second-order valence-corrected chi connectivity index (χ2v) is 2.29. The largest absolute Gasteiger partial charge is 0.311 e. The summed E-state index contributed by atoms with van der Waals surface area (Å²) >= 11 is 0. The van der Waals surface area contributed by atoms with Crippen LogP contribution >= 0.6 is 12.4 Å². The monoisotopic (exact) mass is 147 g/mol. The molecule has 9 heavy (non-hydrogen) atoms. The van der Waals surface area contributed by atoms with Crippen LogP contribution in [0.15, 0.2) is 12.7 Å². The fourth-order valence-electron chi connectivity index (χ4n) is 1.08. The first-order valence-electron chi connectivity index (χ1n) is 3.29. The summed E-state index contributed by atoms with van der Waals surface area (Å²) in [4.78, 5) is 0. The number of piperidine rings is 1. The molecule has 1 nitrogen and oxygen atoms in total. The smallest absolute Gasteiger partial charge is 0.0247 e. The maximum absolute atomic E-state index is 3.72. The van der Waals surface area contributed by atoms with Crippen molar-refractivity contribution >= 4 is 12.4 Å². The van der Waals surface area contributed by atoms with Gasteiger partial charge in [-0.3, -0.25) is 0 Å². The van der Waals surface area contributed by atoms with E-state index in [2.05, 4.69) is 11.9 Å². The van der Waals surface area contributed by atoms with Gasteiger partial charge in [0, 0.05) is 6.04 Å². The zero-order valence-corrected chi connectivity index (χ0v) is 6.41. The highest BCUT2D eigenvalue weighted by molar-refractivity contribution is 5.85. The van der Waals surface area contributed by atoms with E-state index in [1.54, 1.807) is 0 Å². The predicted octanol–water partition coefficient (Wildman–Crippen LogP) is 1.74. The van der Waals surface area contributed by atoms with Gasteiger partial charge in [0.05, 0.1) is 0 Å². The third-order valence-electron chi connectivity index (χ3n) is 1.63. The quantitative estimate of drug-likeness (QED) is 0.558.